The first kappa shape index (κ1) is 15.0. The predicted molar refractivity (Wildman–Crippen MR) is 79.5 cm³/mol. The monoisotopic (exact) mass is 296 g/mol. The third-order valence-corrected chi connectivity index (χ3v) is 2.72. The van der Waals surface area contributed by atoms with Gasteiger partial charge in [-0.05, 0) is 24.3 Å². The molecule has 0 fully saturated rings. The van der Waals surface area contributed by atoms with Crippen molar-refractivity contribution in [3.05, 3.63) is 77.5 Å². The van der Waals surface area contributed by atoms with Crippen LogP contribution in [0.3, 0.4) is 0 Å². The largest absolute Gasteiger partial charge is 0.328 e. The fraction of sp³-hybridized carbons (Fsp3) is 0. The molecule has 0 aliphatic heterocycles. The summed E-state index contributed by atoms with van der Waals surface area (Å²) in [7, 11) is 0. The zero-order valence-electron chi connectivity index (χ0n) is 11.4. The van der Waals surface area contributed by atoms with Crippen molar-refractivity contribution in [2.24, 2.45) is 0 Å². The highest BCUT2D eigenvalue weighted by atomic mass is 16.9. The first-order valence-corrected chi connectivity index (χ1v) is 6.27. The first-order valence-electron chi connectivity index (χ1n) is 6.27. The molecule has 7 heteroatoms. The van der Waals surface area contributed by atoms with E-state index in [-0.39, 0.29) is 0 Å². The van der Waals surface area contributed by atoms with Crippen molar-refractivity contribution in [3.8, 4) is 22.4 Å². The Hall–Kier alpha value is -3.35. The predicted octanol–water partition coefficient (Wildman–Crippen LogP) is 2.86. The van der Waals surface area contributed by atoms with Gasteiger partial charge in [0.1, 0.15) is 0 Å². The van der Waals surface area contributed by atoms with Gasteiger partial charge in [0, 0.05) is 47.7 Å². The van der Waals surface area contributed by atoms with E-state index >= 15 is 0 Å². The molecule has 0 amide bonds. The summed E-state index contributed by atoms with van der Waals surface area (Å²) in [4.78, 5) is 21.1. The van der Waals surface area contributed by atoms with Crippen molar-refractivity contribution < 1.29 is 10.3 Å². The Balaban J connectivity index is 0.000000396. The Bertz CT molecular complexity index is 674. The maximum atomic E-state index is 8.36. The fourth-order valence-corrected chi connectivity index (χ4v) is 1.89. The Kier molecular flexibility index (Phi) is 5.09. The molecule has 7 nitrogen and oxygen atoms in total. The number of hydrogen-bond donors (Lipinski definition) is 1. The Morgan fingerprint density at radius 3 is 2.00 bits per heavy atom. The molecule has 0 aliphatic carbocycles. The van der Waals surface area contributed by atoms with E-state index in [9.17, 15) is 0 Å². The minimum absolute atomic E-state index is 0.929. The van der Waals surface area contributed by atoms with Gasteiger partial charge in [0.15, 0.2) is 0 Å². The summed E-state index contributed by atoms with van der Waals surface area (Å²) in [6.07, 6.45) is 8.99. The minimum Gasteiger partial charge on any atom is -0.328 e. The molecular weight excluding hydrogens is 284 g/mol. The van der Waals surface area contributed by atoms with Crippen LogP contribution >= 0.6 is 0 Å². The molecule has 3 aromatic heterocycles. The van der Waals surface area contributed by atoms with Crippen LogP contribution in [0.2, 0.25) is 0 Å². The third kappa shape index (κ3) is 4.07. The highest BCUT2D eigenvalue weighted by molar-refractivity contribution is 5.79. The molecule has 0 saturated heterocycles. The molecule has 3 heterocycles. The van der Waals surface area contributed by atoms with E-state index in [1.54, 1.807) is 18.6 Å². The molecule has 0 spiro atoms. The van der Waals surface area contributed by atoms with Gasteiger partial charge in [-0.2, -0.15) is 0 Å². The molecule has 0 atom stereocenters. The van der Waals surface area contributed by atoms with Gasteiger partial charge < -0.3 is 5.21 Å². The van der Waals surface area contributed by atoms with Crippen LogP contribution in [0.1, 0.15) is 0 Å². The van der Waals surface area contributed by atoms with Gasteiger partial charge in [-0.1, -0.05) is 12.1 Å². The van der Waals surface area contributed by atoms with Crippen LogP contribution < -0.4 is 0 Å². The molecule has 0 aromatic carbocycles. The van der Waals surface area contributed by atoms with E-state index in [1.807, 2.05) is 48.8 Å². The molecule has 0 aliphatic rings. The quantitative estimate of drug-likeness (QED) is 0.576. The van der Waals surface area contributed by atoms with Crippen molar-refractivity contribution in [3.63, 3.8) is 0 Å². The highest BCUT2D eigenvalue weighted by Crippen LogP contribution is 2.28. The van der Waals surface area contributed by atoms with E-state index < -0.39 is 5.09 Å². The summed E-state index contributed by atoms with van der Waals surface area (Å²) in [5, 5.41) is 13.6. The lowest BCUT2D eigenvalue weighted by Gasteiger charge is -2.07. The zero-order chi connectivity index (χ0) is 15.8. The standard InChI is InChI=1S/C15H11N3.HNO3/c1-4-12(10-16-7-1)14-6-3-9-18-15(14)13-5-2-8-17-11-13;2-1(3)4/h1-11H;(H,2,3,4). The number of hydrogen-bond acceptors (Lipinski definition) is 5. The lowest BCUT2D eigenvalue weighted by molar-refractivity contribution is -0.742. The smallest absolute Gasteiger partial charge is 0.291 e. The Labute approximate surface area is 126 Å². The van der Waals surface area contributed by atoms with Gasteiger partial charge in [0.2, 0.25) is 0 Å². The molecule has 3 aromatic rings. The molecule has 0 saturated carbocycles. The molecule has 0 radical (unpaired) electrons. The maximum Gasteiger partial charge on any atom is 0.291 e. The van der Waals surface area contributed by atoms with Crippen molar-refractivity contribution >= 4 is 0 Å². The van der Waals surface area contributed by atoms with Crippen LogP contribution in [-0.4, -0.2) is 25.2 Å². The van der Waals surface area contributed by atoms with Crippen LogP contribution in [0.4, 0.5) is 0 Å². The van der Waals surface area contributed by atoms with E-state index in [2.05, 4.69) is 15.0 Å². The summed E-state index contributed by atoms with van der Waals surface area (Å²) in [5.41, 5.74) is 4.07. The van der Waals surface area contributed by atoms with Crippen molar-refractivity contribution in [1.82, 2.24) is 15.0 Å². The number of rotatable bonds is 2. The molecule has 3 rings (SSSR count). The lowest BCUT2D eigenvalue weighted by atomic mass is 10.0. The van der Waals surface area contributed by atoms with Crippen molar-refractivity contribution in [2.75, 3.05) is 0 Å². The molecule has 110 valence electrons. The minimum atomic E-state index is -1.50. The van der Waals surface area contributed by atoms with E-state index in [0.717, 1.165) is 22.4 Å². The lowest BCUT2D eigenvalue weighted by Crippen LogP contribution is -1.89. The second kappa shape index (κ2) is 7.44. The van der Waals surface area contributed by atoms with Crippen LogP contribution in [0, 0.1) is 10.1 Å². The van der Waals surface area contributed by atoms with E-state index in [4.69, 9.17) is 15.3 Å². The van der Waals surface area contributed by atoms with Gasteiger partial charge in [-0.25, -0.2) is 0 Å². The normalized spacial score (nSPS) is 9.45. The summed E-state index contributed by atoms with van der Waals surface area (Å²) in [6, 6.07) is 11.9. The first-order chi connectivity index (χ1) is 10.7. The van der Waals surface area contributed by atoms with Crippen LogP contribution in [0.25, 0.3) is 22.4 Å². The SMILES string of the molecule is O=[N+]([O-])O.c1cncc(-c2cccnc2-c2cccnc2)c1. The van der Waals surface area contributed by atoms with Crippen LogP contribution in [0.5, 0.6) is 0 Å². The summed E-state index contributed by atoms with van der Waals surface area (Å²) >= 11 is 0. The van der Waals surface area contributed by atoms with Gasteiger partial charge >= 0.3 is 0 Å². The van der Waals surface area contributed by atoms with Gasteiger partial charge in [0.05, 0.1) is 5.69 Å². The average molecular weight is 296 g/mol. The second-order valence-corrected chi connectivity index (χ2v) is 4.12. The van der Waals surface area contributed by atoms with Crippen molar-refractivity contribution in [2.45, 2.75) is 0 Å². The van der Waals surface area contributed by atoms with Crippen LogP contribution in [0.15, 0.2) is 67.4 Å². The average Bonchev–Trinajstić information content (AvgIpc) is 2.56. The Morgan fingerprint density at radius 2 is 1.45 bits per heavy atom. The van der Waals surface area contributed by atoms with Crippen molar-refractivity contribution in [1.29, 1.82) is 0 Å². The van der Waals surface area contributed by atoms with E-state index in [0.29, 0.717) is 0 Å². The maximum absolute atomic E-state index is 8.36. The summed E-state index contributed by atoms with van der Waals surface area (Å²) in [6.45, 7) is 0. The number of nitrogens with zero attached hydrogens (tertiary/aromatic N) is 4. The van der Waals surface area contributed by atoms with E-state index in [1.165, 1.54) is 0 Å². The summed E-state index contributed by atoms with van der Waals surface area (Å²) in [5.74, 6) is 0. The third-order valence-electron chi connectivity index (χ3n) is 2.72. The molecule has 22 heavy (non-hydrogen) atoms. The zero-order valence-corrected chi connectivity index (χ0v) is 11.4. The summed E-state index contributed by atoms with van der Waals surface area (Å²) < 4.78 is 0. The van der Waals surface area contributed by atoms with Gasteiger partial charge in [0.25, 0.3) is 5.09 Å². The number of pyridine rings is 3. The molecule has 1 N–H and O–H groups in total. The number of aromatic nitrogens is 3. The molecular formula is C15H12N4O3. The van der Waals surface area contributed by atoms with Gasteiger partial charge in [-0.3, -0.25) is 15.0 Å². The second-order valence-electron chi connectivity index (χ2n) is 4.12. The fourth-order valence-electron chi connectivity index (χ4n) is 1.89. The molecule has 0 unspecified atom stereocenters. The topological polar surface area (TPSA) is 102 Å². The van der Waals surface area contributed by atoms with Crippen LogP contribution in [-0.2, 0) is 0 Å². The molecule has 0 bridgehead atoms. The van der Waals surface area contributed by atoms with Gasteiger partial charge in [-0.15, -0.1) is 10.1 Å². The Morgan fingerprint density at radius 1 is 0.909 bits per heavy atom. The highest BCUT2D eigenvalue weighted by Gasteiger charge is 2.07.